The van der Waals surface area contributed by atoms with Gasteiger partial charge in [0.15, 0.2) is 11.5 Å². The lowest BCUT2D eigenvalue weighted by atomic mass is 10.1. The second kappa shape index (κ2) is 7.96. The number of carbonyl (C=O) groups excluding carboxylic acids is 2. The number of amides is 2. The normalized spacial score (nSPS) is 13.5. The number of nitrogens with zero attached hydrogens (tertiary/aromatic N) is 2. The molecule has 1 N–H and O–H groups in total. The molecule has 0 aliphatic heterocycles. The van der Waals surface area contributed by atoms with Crippen molar-refractivity contribution in [2.45, 2.75) is 45.2 Å². The average molecular weight is 341 g/mol. The van der Waals surface area contributed by atoms with Crippen molar-refractivity contribution < 1.29 is 14.1 Å². The third-order valence-corrected chi connectivity index (χ3v) is 4.23. The number of benzene rings is 1. The van der Waals surface area contributed by atoms with Crippen molar-refractivity contribution in [1.29, 1.82) is 0 Å². The molecule has 1 aromatic heterocycles. The smallest absolute Gasteiger partial charge is 0.273 e. The van der Waals surface area contributed by atoms with Crippen molar-refractivity contribution in [2.75, 3.05) is 6.54 Å². The van der Waals surface area contributed by atoms with Crippen molar-refractivity contribution >= 4 is 11.8 Å². The van der Waals surface area contributed by atoms with E-state index in [1.54, 1.807) is 6.07 Å². The summed E-state index contributed by atoms with van der Waals surface area (Å²) in [6.07, 6.45) is 3.24. The molecular weight excluding hydrogens is 318 g/mol. The number of carbonyl (C=O) groups is 2. The topological polar surface area (TPSA) is 75.4 Å². The minimum absolute atomic E-state index is 0.113. The highest BCUT2D eigenvalue weighted by atomic mass is 16.5. The van der Waals surface area contributed by atoms with E-state index in [1.165, 1.54) is 0 Å². The Morgan fingerprint density at radius 1 is 1.28 bits per heavy atom. The van der Waals surface area contributed by atoms with Crippen LogP contribution in [-0.2, 0) is 17.8 Å². The molecule has 1 aromatic carbocycles. The first-order valence-electron chi connectivity index (χ1n) is 8.74. The maximum Gasteiger partial charge on any atom is 0.273 e. The second-order valence-electron chi connectivity index (χ2n) is 6.28. The standard InChI is InChI=1S/C19H23N3O3/c1-2-20-19(24)17-12-16(25-21-17)13-22(15-9-10-15)18(23)11-8-14-6-4-3-5-7-14/h3-7,12,15H,2,8-11,13H2,1H3,(H,20,24). The van der Waals surface area contributed by atoms with Crippen molar-refractivity contribution in [3.05, 3.63) is 53.4 Å². The van der Waals surface area contributed by atoms with Crippen molar-refractivity contribution in [2.24, 2.45) is 0 Å². The van der Waals surface area contributed by atoms with Crippen LogP contribution in [-0.4, -0.2) is 34.5 Å². The van der Waals surface area contributed by atoms with Gasteiger partial charge in [0.05, 0.1) is 6.54 Å². The third kappa shape index (κ3) is 4.68. The Labute approximate surface area is 147 Å². The van der Waals surface area contributed by atoms with Gasteiger partial charge >= 0.3 is 0 Å². The molecule has 0 spiro atoms. The second-order valence-corrected chi connectivity index (χ2v) is 6.28. The molecule has 1 saturated carbocycles. The number of nitrogens with one attached hydrogen (secondary N) is 1. The fourth-order valence-corrected chi connectivity index (χ4v) is 2.76. The summed E-state index contributed by atoms with van der Waals surface area (Å²) in [4.78, 5) is 26.3. The van der Waals surface area contributed by atoms with E-state index < -0.39 is 0 Å². The van der Waals surface area contributed by atoms with E-state index >= 15 is 0 Å². The Morgan fingerprint density at radius 3 is 2.72 bits per heavy atom. The number of rotatable bonds is 8. The molecule has 0 radical (unpaired) electrons. The molecule has 6 heteroatoms. The average Bonchev–Trinajstić information content (AvgIpc) is 3.36. The predicted molar refractivity (Wildman–Crippen MR) is 92.8 cm³/mol. The number of aryl methyl sites for hydroxylation is 1. The number of hydrogen-bond acceptors (Lipinski definition) is 4. The van der Waals surface area contributed by atoms with Crippen LogP contribution in [0.2, 0.25) is 0 Å². The maximum atomic E-state index is 12.6. The van der Waals surface area contributed by atoms with Crippen LogP contribution in [0.25, 0.3) is 0 Å². The molecule has 0 saturated heterocycles. The zero-order valence-electron chi connectivity index (χ0n) is 14.4. The van der Waals surface area contributed by atoms with E-state index in [0.717, 1.165) is 24.8 Å². The zero-order chi connectivity index (χ0) is 17.6. The van der Waals surface area contributed by atoms with Crippen LogP contribution in [0.5, 0.6) is 0 Å². The van der Waals surface area contributed by atoms with Gasteiger partial charge in [-0.25, -0.2) is 0 Å². The van der Waals surface area contributed by atoms with E-state index in [4.69, 9.17) is 4.52 Å². The first kappa shape index (κ1) is 17.2. The summed E-state index contributed by atoms with van der Waals surface area (Å²) in [5, 5.41) is 6.48. The molecule has 1 aliphatic carbocycles. The largest absolute Gasteiger partial charge is 0.359 e. The third-order valence-electron chi connectivity index (χ3n) is 4.23. The van der Waals surface area contributed by atoms with Crippen molar-refractivity contribution in [3.63, 3.8) is 0 Å². The van der Waals surface area contributed by atoms with Gasteiger partial charge in [-0.3, -0.25) is 9.59 Å². The van der Waals surface area contributed by atoms with Gasteiger partial charge in [-0.2, -0.15) is 0 Å². The summed E-state index contributed by atoms with van der Waals surface area (Å²) in [6.45, 7) is 2.75. The molecular formula is C19H23N3O3. The molecule has 6 nitrogen and oxygen atoms in total. The number of hydrogen-bond donors (Lipinski definition) is 1. The Bertz CT molecular complexity index is 723. The summed E-state index contributed by atoms with van der Waals surface area (Å²) >= 11 is 0. The minimum atomic E-state index is -0.258. The Kier molecular flexibility index (Phi) is 5.48. The van der Waals surface area contributed by atoms with Crippen LogP contribution in [0.4, 0.5) is 0 Å². The highest BCUT2D eigenvalue weighted by Crippen LogP contribution is 2.29. The number of aromatic nitrogens is 1. The van der Waals surface area contributed by atoms with Crippen LogP contribution in [0.1, 0.15) is 48.0 Å². The van der Waals surface area contributed by atoms with Crippen LogP contribution in [0.3, 0.4) is 0 Å². The summed E-state index contributed by atoms with van der Waals surface area (Å²) < 4.78 is 5.25. The van der Waals surface area contributed by atoms with Crippen LogP contribution in [0, 0.1) is 0 Å². The van der Waals surface area contributed by atoms with Gasteiger partial charge < -0.3 is 14.7 Å². The molecule has 0 atom stereocenters. The molecule has 132 valence electrons. The SMILES string of the molecule is CCNC(=O)c1cc(CN(C(=O)CCc2ccccc2)C2CC2)on1. The van der Waals surface area contributed by atoms with E-state index in [9.17, 15) is 9.59 Å². The van der Waals surface area contributed by atoms with E-state index in [0.29, 0.717) is 25.3 Å². The van der Waals surface area contributed by atoms with Gasteiger partial charge in [-0.1, -0.05) is 35.5 Å². The Morgan fingerprint density at radius 2 is 2.04 bits per heavy atom. The molecule has 3 rings (SSSR count). The zero-order valence-corrected chi connectivity index (χ0v) is 14.4. The van der Waals surface area contributed by atoms with Gasteiger partial charge in [0.2, 0.25) is 5.91 Å². The van der Waals surface area contributed by atoms with E-state index in [2.05, 4.69) is 10.5 Å². The van der Waals surface area contributed by atoms with Crippen molar-refractivity contribution in [3.8, 4) is 0 Å². The first-order valence-corrected chi connectivity index (χ1v) is 8.74. The molecule has 0 bridgehead atoms. The highest BCUT2D eigenvalue weighted by molar-refractivity contribution is 5.92. The Hall–Kier alpha value is -2.63. The van der Waals surface area contributed by atoms with Crippen LogP contribution < -0.4 is 5.32 Å². The molecule has 1 fully saturated rings. The minimum Gasteiger partial charge on any atom is -0.359 e. The lowest BCUT2D eigenvalue weighted by molar-refractivity contribution is -0.132. The molecule has 1 aliphatic rings. The van der Waals surface area contributed by atoms with Gasteiger partial charge in [-0.15, -0.1) is 0 Å². The van der Waals surface area contributed by atoms with Crippen LogP contribution in [0.15, 0.2) is 40.9 Å². The van der Waals surface area contributed by atoms with Gasteiger partial charge in [0.1, 0.15) is 0 Å². The summed E-state index contributed by atoms with van der Waals surface area (Å²) in [5.41, 5.74) is 1.41. The van der Waals surface area contributed by atoms with Crippen molar-refractivity contribution in [1.82, 2.24) is 15.4 Å². The lowest BCUT2D eigenvalue weighted by Crippen LogP contribution is -2.32. The molecule has 2 amide bonds. The highest BCUT2D eigenvalue weighted by Gasteiger charge is 2.33. The summed E-state index contributed by atoms with van der Waals surface area (Å²) in [7, 11) is 0. The fourth-order valence-electron chi connectivity index (χ4n) is 2.76. The van der Waals surface area contributed by atoms with E-state index in [1.807, 2.05) is 42.2 Å². The lowest BCUT2D eigenvalue weighted by Gasteiger charge is -2.21. The quantitative estimate of drug-likeness (QED) is 0.801. The first-order chi connectivity index (χ1) is 12.2. The van der Waals surface area contributed by atoms with Gasteiger partial charge in [0.25, 0.3) is 5.91 Å². The molecule has 25 heavy (non-hydrogen) atoms. The van der Waals surface area contributed by atoms with Gasteiger partial charge in [0, 0.05) is 25.1 Å². The molecule has 2 aromatic rings. The van der Waals surface area contributed by atoms with Gasteiger partial charge in [-0.05, 0) is 31.7 Å². The molecule has 0 unspecified atom stereocenters. The fraction of sp³-hybridized carbons (Fsp3) is 0.421. The molecule has 1 heterocycles. The van der Waals surface area contributed by atoms with Crippen LogP contribution >= 0.6 is 0 Å². The monoisotopic (exact) mass is 341 g/mol. The summed E-state index contributed by atoms with van der Waals surface area (Å²) in [5.74, 6) is 0.398. The Balaban J connectivity index is 1.59. The predicted octanol–water partition coefficient (Wildman–Crippen LogP) is 2.55. The maximum absolute atomic E-state index is 12.6. The summed E-state index contributed by atoms with van der Waals surface area (Å²) in [6, 6.07) is 11.9. The van der Waals surface area contributed by atoms with E-state index in [-0.39, 0.29) is 23.6 Å².